The predicted octanol–water partition coefficient (Wildman–Crippen LogP) is 7.02. The summed E-state index contributed by atoms with van der Waals surface area (Å²) >= 11 is 0. The molecule has 1 heterocycles. The van der Waals surface area contributed by atoms with Gasteiger partial charge in [0.25, 0.3) is 0 Å². The summed E-state index contributed by atoms with van der Waals surface area (Å²) in [6.45, 7) is 0.360. The molecular weight excluding hydrogens is 604 g/mol. The number of ether oxygens (including phenoxy) is 3. The van der Waals surface area contributed by atoms with Gasteiger partial charge in [0.1, 0.15) is 5.75 Å². The molecule has 5 aromatic rings. The third-order valence-corrected chi connectivity index (χ3v) is 8.18. The Morgan fingerprint density at radius 2 is 1.56 bits per heavy atom. The SMILES string of the molecule is COc1ccc(-c2cc3cc(F)c(F)cc3[nH]2)cc1NS(=O)(=O)N(Cc1ccccc1)C(=O)OCCCOCc1ccccc1. The van der Waals surface area contributed by atoms with Crippen molar-refractivity contribution in [2.75, 3.05) is 25.0 Å². The molecule has 0 spiro atoms. The normalized spacial score (nSPS) is 11.4. The first-order chi connectivity index (χ1) is 21.7. The van der Waals surface area contributed by atoms with Crippen molar-refractivity contribution < 1.29 is 36.2 Å². The molecule has 0 saturated carbocycles. The number of anilines is 1. The number of aromatic amines is 1. The van der Waals surface area contributed by atoms with Gasteiger partial charge in [0.05, 0.1) is 39.2 Å². The van der Waals surface area contributed by atoms with Gasteiger partial charge in [0, 0.05) is 34.6 Å². The second-order valence-electron chi connectivity index (χ2n) is 10.1. The van der Waals surface area contributed by atoms with E-state index in [1.807, 2.05) is 30.3 Å². The maximum absolute atomic E-state index is 13.8. The van der Waals surface area contributed by atoms with Crippen LogP contribution in [0.2, 0.25) is 0 Å². The van der Waals surface area contributed by atoms with Gasteiger partial charge in [-0.2, -0.15) is 12.7 Å². The fourth-order valence-corrected chi connectivity index (χ4v) is 5.70. The summed E-state index contributed by atoms with van der Waals surface area (Å²) in [5.74, 6) is -1.80. The highest BCUT2D eigenvalue weighted by Crippen LogP contribution is 2.33. The lowest BCUT2D eigenvalue weighted by Gasteiger charge is -2.23. The van der Waals surface area contributed by atoms with Crippen molar-refractivity contribution in [2.24, 2.45) is 0 Å². The molecule has 45 heavy (non-hydrogen) atoms. The molecule has 234 valence electrons. The zero-order chi connectivity index (χ0) is 31.8. The average Bonchev–Trinajstić information content (AvgIpc) is 3.45. The average molecular weight is 636 g/mol. The summed E-state index contributed by atoms with van der Waals surface area (Å²) in [5, 5.41) is 0.434. The van der Waals surface area contributed by atoms with E-state index in [1.54, 1.807) is 42.5 Å². The molecule has 1 amide bonds. The van der Waals surface area contributed by atoms with Gasteiger partial charge in [-0.25, -0.2) is 13.6 Å². The lowest BCUT2D eigenvalue weighted by Crippen LogP contribution is -2.40. The number of methoxy groups -OCH3 is 1. The van der Waals surface area contributed by atoms with Gasteiger partial charge < -0.3 is 19.2 Å². The Kier molecular flexibility index (Phi) is 9.95. The van der Waals surface area contributed by atoms with Gasteiger partial charge in [-0.1, -0.05) is 60.7 Å². The number of H-pyrrole nitrogens is 1. The van der Waals surface area contributed by atoms with E-state index in [4.69, 9.17) is 14.2 Å². The Labute approximate surface area is 259 Å². The standard InChI is InChI=1S/C33H31F2N3O6S/c1-42-32-14-13-25(29-19-26-17-27(34)28(35)20-30(26)36-29)18-31(32)37-45(40,41)38(21-23-9-4-2-5-10-23)33(39)44-16-8-15-43-22-24-11-6-3-7-12-24/h2-7,9-14,17-20,36-37H,8,15-16,21-22H2,1H3. The molecule has 2 N–H and O–H groups in total. The Morgan fingerprint density at radius 1 is 0.867 bits per heavy atom. The van der Waals surface area contributed by atoms with Crippen molar-refractivity contribution >= 4 is 32.9 Å². The third-order valence-electron chi connectivity index (χ3n) is 6.84. The predicted molar refractivity (Wildman–Crippen MR) is 167 cm³/mol. The first-order valence-corrected chi connectivity index (χ1v) is 15.5. The van der Waals surface area contributed by atoms with Crippen LogP contribution in [-0.2, 0) is 32.8 Å². The van der Waals surface area contributed by atoms with Crippen LogP contribution < -0.4 is 9.46 Å². The molecule has 0 aliphatic carbocycles. The summed E-state index contributed by atoms with van der Waals surface area (Å²) in [4.78, 5) is 16.2. The number of fused-ring (bicyclic) bond motifs is 1. The van der Waals surface area contributed by atoms with Crippen molar-refractivity contribution in [3.63, 3.8) is 0 Å². The minimum Gasteiger partial charge on any atom is -0.495 e. The topological polar surface area (TPSA) is 110 Å². The van der Waals surface area contributed by atoms with E-state index in [-0.39, 0.29) is 24.6 Å². The lowest BCUT2D eigenvalue weighted by atomic mass is 10.1. The van der Waals surface area contributed by atoms with Crippen LogP contribution in [0.25, 0.3) is 22.2 Å². The number of rotatable bonds is 13. The number of benzene rings is 4. The summed E-state index contributed by atoms with van der Waals surface area (Å²) in [6, 6.07) is 26.6. The second-order valence-corrected chi connectivity index (χ2v) is 11.7. The first-order valence-electron chi connectivity index (χ1n) is 14.0. The number of halogens is 2. The highest BCUT2D eigenvalue weighted by Gasteiger charge is 2.30. The molecule has 12 heteroatoms. The Balaban J connectivity index is 1.32. The van der Waals surface area contributed by atoms with Gasteiger partial charge in [-0.15, -0.1) is 0 Å². The Morgan fingerprint density at radius 3 is 2.27 bits per heavy atom. The van der Waals surface area contributed by atoms with Crippen LogP contribution in [0.15, 0.2) is 97.1 Å². The lowest BCUT2D eigenvalue weighted by molar-refractivity contribution is 0.0851. The molecule has 0 unspecified atom stereocenters. The Bertz CT molecular complexity index is 1830. The molecule has 0 radical (unpaired) electrons. The number of carbonyl (C=O) groups is 1. The fourth-order valence-electron chi connectivity index (χ4n) is 4.59. The number of hydrogen-bond donors (Lipinski definition) is 2. The molecule has 0 aliphatic heterocycles. The number of aromatic nitrogens is 1. The minimum absolute atomic E-state index is 0.0335. The third kappa shape index (κ3) is 7.97. The van der Waals surface area contributed by atoms with E-state index in [9.17, 15) is 22.0 Å². The highest BCUT2D eigenvalue weighted by atomic mass is 32.2. The summed E-state index contributed by atoms with van der Waals surface area (Å²) < 4.78 is 74.4. The Hall–Kier alpha value is -4.94. The minimum atomic E-state index is -4.54. The first kappa shape index (κ1) is 31.5. The van der Waals surface area contributed by atoms with E-state index >= 15 is 0 Å². The van der Waals surface area contributed by atoms with Crippen molar-refractivity contribution in [3.05, 3.63) is 120 Å². The summed E-state index contributed by atoms with van der Waals surface area (Å²) in [6.07, 6.45) is -0.705. The van der Waals surface area contributed by atoms with E-state index in [0.717, 1.165) is 17.7 Å². The van der Waals surface area contributed by atoms with Crippen LogP contribution in [0.1, 0.15) is 17.5 Å². The number of amides is 1. The van der Waals surface area contributed by atoms with Gasteiger partial charge in [0.2, 0.25) is 0 Å². The second kappa shape index (κ2) is 14.2. The molecule has 9 nitrogen and oxygen atoms in total. The number of hydrogen-bond acceptors (Lipinski definition) is 6. The molecule has 5 rings (SSSR count). The molecule has 0 aliphatic rings. The maximum Gasteiger partial charge on any atom is 0.425 e. The van der Waals surface area contributed by atoms with Gasteiger partial charge in [-0.3, -0.25) is 4.72 Å². The molecule has 4 aromatic carbocycles. The van der Waals surface area contributed by atoms with Crippen LogP contribution in [0, 0.1) is 11.6 Å². The van der Waals surface area contributed by atoms with Crippen LogP contribution in [0.4, 0.5) is 19.3 Å². The maximum atomic E-state index is 13.8. The molecule has 0 atom stereocenters. The molecule has 0 bridgehead atoms. The van der Waals surface area contributed by atoms with E-state index in [0.29, 0.717) is 51.7 Å². The van der Waals surface area contributed by atoms with E-state index in [2.05, 4.69) is 9.71 Å². The molecular formula is C33H31F2N3O6S. The fraction of sp³-hybridized carbons (Fsp3) is 0.182. The summed E-state index contributed by atoms with van der Waals surface area (Å²) in [5.41, 5.74) is 2.94. The van der Waals surface area contributed by atoms with Crippen LogP contribution in [-0.4, -0.2) is 44.1 Å². The molecule has 1 aromatic heterocycles. The van der Waals surface area contributed by atoms with Crippen LogP contribution in [0.5, 0.6) is 5.75 Å². The number of nitrogens with zero attached hydrogens (tertiary/aromatic N) is 1. The number of nitrogens with one attached hydrogen (secondary N) is 2. The van der Waals surface area contributed by atoms with E-state index in [1.165, 1.54) is 19.2 Å². The van der Waals surface area contributed by atoms with Crippen LogP contribution in [0.3, 0.4) is 0 Å². The van der Waals surface area contributed by atoms with Crippen molar-refractivity contribution in [3.8, 4) is 17.0 Å². The van der Waals surface area contributed by atoms with E-state index < -0.39 is 27.9 Å². The largest absolute Gasteiger partial charge is 0.495 e. The zero-order valence-electron chi connectivity index (χ0n) is 24.3. The van der Waals surface area contributed by atoms with Gasteiger partial charge >= 0.3 is 16.3 Å². The monoisotopic (exact) mass is 635 g/mol. The highest BCUT2D eigenvalue weighted by molar-refractivity contribution is 7.90. The van der Waals surface area contributed by atoms with Crippen LogP contribution >= 0.6 is 0 Å². The van der Waals surface area contributed by atoms with Crippen molar-refractivity contribution in [2.45, 2.75) is 19.6 Å². The van der Waals surface area contributed by atoms with Gasteiger partial charge in [-0.05, 0) is 41.5 Å². The molecule has 0 saturated heterocycles. The zero-order valence-corrected chi connectivity index (χ0v) is 25.2. The summed E-state index contributed by atoms with van der Waals surface area (Å²) in [7, 11) is -3.16. The van der Waals surface area contributed by atoms with Gasteiger partial charge in [0.15, 0.2) is 11.6 Å². The molecule has 0 fully saturated rings. The van der Waals surface area contributed by atoms with Crippen molar-refractivity contribution in [1.82, 2.24) is 9.29 Å². The smallest absolute Gasteiger partial charge is 0.425 e. The quantitative estimate of drug-likeness (QED) is 0.135. The van der Waals surface area contributed by atoms with Crippen molar-refractivity contribution in [1.29, 1.82) is 0 Å². The number of carbonyl (C=O) groups excluding carboxylic acids is 1.